The molecule has 0 spiro atoms. The molecule has 0 aliphatic heterocycles. The van der Waals surface area contributed by atoms with Crippen LogP contribution in [0.25, 0.3) is 0 Å². The van der Waals surface area contributed by atoms with Crippen LogP contribution < -0.4 is 5.73 Å². The Morgan fingerprint density at radius 2 is 0.980 bits per heavy atom. The van der Waals surface area contributed by atoms with Gasteiger partial charge in [0.2, 0.25) is 0 Å². The Labute approximate surface area is 309 Å². The first-order valence-electron chi connectivity index (χ1n) is 19.9. The Balaban J connectivity index is 4.44. The molecule has 11 nitrogen and oxygen atoms in total. The van der Waals surface area contributed by atoms with Crippen molar-refractivity contribution in [3.63, 3.8) is 0 Å². The minimum atomic E-state index is -4.71. The molecule has 0 saturated carbocycles. The van der Waals surface area contributed by atoms with Crippen molar-refractivity contribution < 1.29 is 47.5 Å². The molecule has 0 aromatic carbocycles. The molecule has 0 aromatic rings. The Kier molecular flexibility index (Phi) is 33.6. The highest BCUT2D eigenvalue weighted by molar-refractivity contribution is 7.47. The molecular weight excluding hydrogens is 673 g/mol. The number of carbonyl (C=O) groups excluding carboxylic acids is 2. The van der Waals surface area contributed by atoms with E-state index in [9.17, 15) is 23.8 Å². The normalized spacial score (nSPS) is 14.1. The molecule has 0 fully saturated rings. The Morgan fingerprint density at radius 3 is 1.47 bits per heavy atom. The Morgan fingerprint density at radius 1 is 0.588 bits per heavy atom. The lowest BCUT2D eigenvalue weighted by atomic mass is 10.1. The summed E-state index contributed by atoms with van der Waals surface area (Å²) in [5, 5.41) is 8.86. The van der Waals surface area contributed by atoms with Gasteiger partial charge in [0, 0.05) is 12.8 Å². The molecule has 51 heavy (non-hydrogen) atoms. The van der Waals surface area contributed by atoms with Crippen LogP contribution >= 0.6 is 7.82 Å². The molecule has 0 radical (unpaired) electrons. The Hall–Kier alpha value is -2.04. The number of ether oxygens (including phenoxy) is 2. The lowest BCUT2D eigenvalue weighted by Gasteiger charge is -2.20. The zero-order valence-electron chi connectivity index (χ0n) is 31.9. The maximum Gasteiger partial charge on any atom is 0.472 e. The quantitative estimate of drug-likeness (QED) is 0.0239. The van der Waals surface area contributed by atoms with Gasteiger partial charge in [-0.2, -0.15) is 0 Å². The minimum absolute atomic E-state index is 0.151. The third-order valence-corrected chi connectivity index (χ3v) is 9.37. The van der Waals surface area contributed by atoms with Gasteiger partial charge in [0.1, 0.15) is 12.6 Å². The number of allylic oxidation sites excluding steroid dienone is 4. The smallest absolute Gasteiger partial charge is 0.472 e. The predicted octanol–water partition coefficient (Wildman–Crippen LogP) is 9.89. The molecule has 0 rings (SSSR count). The van der Waals surface area contributed by atoms with E-state index in [-0.39, 0.29) is 19.4 Å². The van der Waals surface area contributed by atoms with Crippen LogP contribution in [0.2, 0.25) is 0 Å². The summed E-state index contributed by atoms with van der Waals surface area (Å²) in [5.74, 6) is -2.40. The molecule has 0 aliphatic carbocycles. The number of unbranched alkanes of at least 4 members (excludes halogenated alkanes) is 19. The summed E-state index contributed by atoms with van der Waals surface area (Å²) in [6.07, 6.45) is 33.9. The fourth-order valence-electron chi connectivity index (χ4n) is 5.23. The van der Waals surface area contributed by atoms with Gasteiger partial charge in [-0.3, -0.25) is 23.4 Å². The van der Waals surface area contributed by atoms with E-state index in [1.807, 2.05) is 0 Å². The van der Waals surface area contributed by atoms with E-state index in [0.717, 1.165) is 77.0 Å². The van der Waals surface area contributed by atoms with Crippen molar-refractivity contribution in [3.05, 3.63) is 24.3 Å². The molecule has 4 N–H and O–H groups in total. The highest BCUT2D eigenvalue weighted by Gasteiger charge is 2.28. The molecule has 0 amide bonds. The number of carboxylic acid groups (broad SMARTS) is 1. The van der Waals surface area contributed by atoms with Crippen molar-refractivity contribution in [1.29, 1.82) is 0 Å². The van der Waals surface area contributed by atoms with Crippen LogP contribution in [0.5, 0.6) is 0 Å². The van der Waals surface area contributed by atoms with Crippen LogP contribution in [0.4, 0.5) is 0 Å². The molecule has 298 valence electrons. The van der Waals surface area contributed by atoms with Gasteiger partial charge in [0.15, 0.2) is 6.10 Å². The van der Waals surface area contributed by atoms with Crippen LogP contribution in [0.3, 0.4) is 0 Å². The van der Waals surface area contributed by atoms with Crippen LogP contribution in [-0.2, 0) is 37.5 Å². The van der Waals surface area contributed by atoms with E-state index in [1.54, 1.807) is 0 Å². The maximum atomic E-state index is 12.6. The lowest BCUT2D eigenvalue weighted by Crippen LogP contribution is -2.34. The fraction of sp³-hybridized carbons (Fsp3) is 0.821. The number of rotatable bonds is 37. The maximum absolute atomic E-state index is 12.6. The van der Waals surface area contributed by atoms with E-state index < -0.39 is 51.1 Å². The second-order valence-electron chi connectivity index (χ2n) is 13.4. The van der Waals surface area contributed by atoms with Crippen LogP contribution in [0.15, 0.2) is 24.3 Å². The van der Waals surface area contributed by atoms with Gasteiger partial charge in [-0.05, 0) is 64.2 Å². The number of hydrogen-bond acceptors (Lipinski definition) is 9. The first-order valence-corrected chi connectivity index (χ1v) is 21.4. The van der Waals surface area contributed by atoms with Gasteiger partial charge in [-0.25, -0.2) is 4.57 Å². The molecular formula is C39H72NO10P. The van der Waals surface area contributed by atoms with Gasteiger partial charge in [0.05, 0.1) is 13.2 Å². The minimum Gasteiger partial charge on any atom is -0.480 e. The first-order chi connectivity index (χ1) is 24.6. The molecule has 0 bridgehead atoms. The standard InChI is InChI=1S/C39H72NO10P/c1-3-5-7-9-11-13-15-17-18-19-21-23-25-27-29-31-38(42)50-35(33-48-51(45,46)49-34-36(40)39(43)44)32-47-37(41)30-28-26-24-22-20-16-14-12-10-8-6-4-2/h12,14,17-18,35-36H,3-11,13,15-16,19-34,40H2,1-2H3,(H,43,44)(H,45,46)/b14-12-,18-17-. The highest BCUT2D eigenvalue weighted by atomic mass is 31.2. The van der Waals surface area contributed by atoms with E-state index in [2.05, 4.69) is 42.7 Å². The molecule has 3 unspecified atom stereocenters. The van der Waals surface area contributed by atoms with Crippen molar-refractivity contribution in [3.8, 4) is 0 Å². The number of carboxylic acids is 1. The van der Waals surface area contributed by atoms with E-state index >= 15 is 0 Å². The van der Waals surface area contributed by atoms with Crippen molar-refractivity contribution in [2.75, 3.05) is 19.8 Å². The molecule has 0 aliphatic rings. The van der Waals surface area contributed by atoms with Gasteiger partial charge >= 0.3 is 25.7 Å². The molecule has 0 saturated heterocycles. The van der Waals surface area contributed by atoms with Crippen LogP contribution in [-0.4, -0.2) is 59.9 Å². The fourth-order valence-corrected chi connectivity index (χ4v) is 6.01. The summed E-state index contributed by atoms with van der Waals surface area (Å²) in [6, 6.07) is -1.52. The van der Waals surface area contributed by atoms with Gasteiger partial charge < -0.3 is 25.2 Å². The lowest BCUT2D eigenvalue weighted by molar-refractivity contribution is -0.161. The summed E-state index contributed by atoms with van der Waals surface area (Å²) in [7, 11) is -4.71. The van der Waals surface area contributed by atoms with Crippen molar-refractivity contribution >= 4 is 25.7 Å². The SMILES string of the molecule is CCCCC/C=C\CCCCCCCC(=O)OCC(COP(=O)(O)OCC(N)C(=O)O)OC(=O)CCCCCCC/C=C\CCCCCCCC. The number of carbonyl (C=O) groups is 3. The van der Waals surface area contributed by atoms with E-state index in [1.165, 1.54) is 57.8 Å². The topological polar surface area (TPSA) is 172 Å². The van der Waals surface area contributed by atoms with E-state index in [0.29, 0.717) is 12.8 Å². The summed E-state index contributed by atoms with van der Waals surface area (Å²) >= 11 is 0. The van der Waals surface area contributed by atoms with Crippen molar-refractivity contribution in [1.82, 2.24) is 0 Å². The molecule has 3 atom stereocenters. The largest absolute Gasteiger partial charge is 0.480 e. The molecule has 0 aromatic heterocycles. The van der Waals surface area contributed by atoms with Crippen molar-refractivity contribution in [2.24, 2.45) is 5.73 Å². The molecule has 0 heterocycles. The Bertz CT molecular complexity index is 974. The average molecular weight is 746 g/mol. The number of nitrogens with two attached hydrogens (primary N) is 1. The van der Waals surface area contributed by atoms with Gasteiger partial charge in [-0.15, -0.1) is 0 Å². The number of phosphoric acid groups is 1. The van der Waals surface area contributed by atoms with Gasteiger partial charge in [-0.1, -0.05) is 122 Å². The number of hydrogen-bond donors (Lipinski definition) is 3. The number of phosphoric ester groups is 1. The summed E-state index contributed by atoms with van der Waals surface area (Å²) in [5.41, 5.74) is 5.32. The highest BCUT2D eigenvalue weighted by Crippen LogP contribution is 2.43. The zero-order valence-corrected chi connectivity index (χ0v) is 32.8. The first kappa shape index (κ1) is 49.0. The van der Waals surface area contributed by atoms with E-state index in [4.69, 9.17) is 24.8 Å². The van der Waals surface area contributed by atoms with Gasteiger partial charge in [0.25, 0.3) is 0 Å². The summed E-state index contributed by atoms with van der Waals surface area (Å²) in [4.78, 5) is 45.8. The number of esters is 2. The zero-order chi connectivity index (χ0) is 37.8. The van der Waals surface area contributed by atoms with Crippen molar-refractivity contribution in [2.45, 2.75) is 187 Å². The second kappa shape index (κ2) is 35.0. The summed E-state index contributed by atoms with van der Waals surface area (Å²) < 4.78 is 32.6. The third-order valence-electron chi connectivity index (χ3n) is 8.42. The third kappa shape index (κ3) is 34.8. The van der Waals surface area contributed by atoms with Crippen LogP contribution in [0, 0.1) is 0 Å². The number of aliphatic carboxylic acids is 1. The monoisotopic (exact) mass is 745 g/mol. The summed E-state index contributed by atoms with van der Waals surface area (Å²) in [6.45, 7) is 2.74. The molecule has 12 heteroatoms. The second-order valence-corrected chi connectivity index (χ2v) is 14.9. The predicted molar refractivity (Wildman–Crippen MR) is 203 cm³/mol. The van der Waals surface area contributed by atoms with Crippen LogP contribution in [0.1, 0.15) is 174 Å². The average Bonchev–Trinajstić information content (AvgIpc) is 3.10.